The summed E-state index contributed by atoms with van der Waals surface area (Å²) in [5, 5.41) is 1.50. The van der Waals surface area contributed by atoms with Gasteiger partial charge in [0.2, 0.25) is 0 Å². The zero-order valence-corrected chi connectivity index (χ0v) is 13.8. The van der Waals surface area contributed by atoms with Crippen molar-refractivity contribution in [2.75, 3.05) is 14.1 Å². The Morgan fingerprint density at radius 1 is 0.955 bits per heavy atom. The Kier molecular flexibility index (Phi) is 4.64. The third kappa shape index (κ3) is 3.60. The Hall–Kier alpha value is -2.00. The molecule has 0 radical (unpaired) electrons. The number of thioether (sulfide) groups is 1. The van der Waals surface area contributed by atoms with E-state index in [0.717, 1.165) is 17.2 Å². The van der Waals surface area contributed by atoms with Gasteiger partial charge in [-0.3, -0.25) is 0 Å². The molecule has 1 aliphatic rings. The summed E-state index contributed by atoms with van der Waals surface area (Å²) in [5.74, 6) is 0. The molecule has 3 rings (SSSR count). The standard InChI is InChI=1S/C19H20N2S/c1-21(2)17-13-18(15-9-5-3-6-10-15)22-19(14-17)20-16-11-7-4-8-12-16/h3-12,14,18H,13H2,1-2H3. The quantitative estimate of drug-likeness (QED) is 0.789. The second-order valence-corrected chi connectivity index (χ2v) is 6.76. The second kappa shape index (κ2) is 6.84. The normalized spacial score (nSPS) is 19.8. The maximum atomic E-state index is 4.80. The van der Waals surface area contributed by atoms with E-state index in [1.807, 2.05) is 42.1 Å². The van der Waals surface area contributed by atoms with Crippen LogP contribution in [0.2, 0.25) is 0 Å². The van der Waals surface area contributed by atoms with Gasteiger partial charge in [0.1, 0.15) is 0 Å². The van der Waals surface area contributed by atoms with Crippen molar-refractivity contribution in [3.05, 3.63) is 78.0 Å². The van der Waals surface area contributed by atoms with Gasteiger partial charge in [0, 0.05) is 31.5 Å². The van der Waals surface area contributed by atoms with E-state index in [4.69, 9.17) is 4.99 Å². The minimum absolute atomic E-state index is 0.422. The number of benzene rings is 2. The third-order valence-electron chi connectivity index (χ3n) is 3.69. The summed E-state index contributed by atoms with van der Waals surface area (Å²) in [7, 11) is 4.20. The van der Waals surface area contributed by atoms with Crippen LogP contribution in [0.5, 0.6) is 0 Å². The molecule has 0 saturated carbocycles. The molecule has 1 heterocycles. The highest BCUT2D eigenvalue weighted by Gasteiger charge is 2.22. The lowest BCUT2D eigenvalue weighted by molar-refractivity contribution is 0.485. The molecule has 3 heteroatoms. The number of hydrogen-bond donors (Lipinski definition) is 0. The minimum atomic E-state index is 0.422. The molecule has 112 valence electrons. The molecule has 0 amide bonds. The lowest BCUT2D eigenvalue weighted by Crippen LogP contribution is -2.18. The zero-order valence-electron chi connectivity index (χ0n) is 12.9. The number of rotatable bonds is 3. The largest absolute Gasteiger partial charge is 0.381 e. The summed E-state index contributed by atoms with van der Waals surface area (Å²) in [5.41, 5.74) is 3.69. The predicted octanol–water partition coefficient (Wildman–Crippen LogP) is 5.04. The van der Waals surface area contributed by atoms with Crippen LogP contribution >= 0.6 is 11.8 Å². The summed E-state index contributed by atoms with van der Waals surface area (Å²) in [6.07, 6.45) is 3.24. The predicted molar refractivity (Wildman–Crippen MR) is 96.7 cm³/mol. The van der Waals surface area contributed by atoms with Crippen molar-refractivity contribution in [3.63, 3.8) is 0 Å². The molecule has 2 nitrogen and oxygen atoms in total. The van der Waals surface area contributed by atoms with E-state index in [1.165, 1.54) is 11.3 Å². The molecule has 0 bridgehead atoms. The Morgan fingerprint density at radius 3 is 2.23 bits per heavy atom. The van der Waals surface area contributed by atoms with Crippen molar-refractivity contribution in [1.82, 2.24) is 4.90 Å². The summed E-state index contributed by atoms with van der Waals surface area (Å²) in [6.45, 7) is 0. The molecule has 0 fully saturated rings. The highest BCUT2D eigenvalue weighted by Crippen LogP contribution is 2.40. The van der Waals surface area contributed by atoms with Crippen LogP contribution in [0.4, 0.5) is 5.69 Å². The fourth-order valence-corrected chi connectivity index (χ4v) is 3.67. The summed E-state index contributed by atoms with van der Waals surface area (Å²) in [4.78, 5) is 6.99. The molecule has 2 aromatic carbocycles. The van der Waals surface area contributed by atoms with E-state index in [1.54, 1.807) is 0 Å². The van der Waals surface area contributed by atoms with Crippen molar-refractivity contribution in [2.45, 2.75) is 11.7 Å². The Morgan fingerprint density at radius 2 is 1.59 bits per heavy atom. The summed E-state index contributed by atoms with van der Waals surface area (Å²) in [6, 6.07) is 20.9. The first-order valence-corrected chi connectivity index (χ1v) is 8.33. The van der Waals surface area contributed by atoms with Crippen LogP contribution in [0.1, 0.15) is 17.2 Å². The first-order valence-electron chi connectivity index (χ1n) is 7.45. The van der Waals surface area contributed by atoms with Gasteiger partial charge in [-0.2, -0.15) is 0 Å². The molecule has 1 aliphatic heterocycles. The van der Waals surface area contributed by atoms with Gasteiger partial charge in [-0.1, -0.05) is 60.3 Å². The average Bonchev–Trinajstić information content (AvgIpc) is 2.56. The highest BCUT2D eigenvalue weighted by atomic mass is 32.2. The van der Waals surface area contributed by atoms with Gasteiger partial charge in [-0.05, 0) is 23.8 Å². The molecular weight excluding hydrogens is 288 g/mol. The lowest BCUT2D eigenvalue weighted by Gasteiger charge is -2.27. The van der Waals surface area contributed by atoms with E-state index < -0.39 is 0 Å². The number of nitrogens with zero attached hydrogens (tertiary/aromatic N) is 2. The van der Waals surface area contributed by atoms with Crippen LogP contribution in [-0.4, -0.2) is 24.0 Å². The second-order valence-electron chi connectivity index (χ2n) is 5.54. The van der Waals surface area contributed by atoms with E-state index in [2.05, 4.69) is 55.4 Å². The Bertz CT molecular complexity index is 675. The van der Waals surface area contributed by atoms with Crippen molar-refractivity contribution < 1.29 is 0 Å². The Balaban J connectivity index is 1.92. The van der Waals surface area contributed by atoms with Crippen molar-refractivity contribution >= 4 is 22.5 Å². The lowest BCUT2D eigenvalue weighted by atomic mass is 10.1. The third-order valence-corrected chi connectivity index (χ3v) is 4.86. The van der Waals surface area contributed by atoms with Gasteiger partial charge < -0.3 is 4.90 Å². The van der Waals surface area contributed by atoms with Gasteiger partial charge in [0.15, 0.2) is 0 Å². The molecular formula is C19H20N2S. The van der Waals surface area contributed by atoms with Gasteiger partial charge in [-0.25, -0.2) is 4.99 Å². The monoisotopic (exact) mass is 308 g/mol. The van der Waals surface area contributed by atoms with Crippen LogP contribution in [0.3, 0.4) is 0 Å². The Labute approximate surface area is 136 Å². The van der Waals surface area contributed by atoms with Crippen LogP contribution in [0.15, 0.2) is 77.4 Å². The first-order chi connectivity index (χ1) is 10.7. The van der Waals surface area contributed by atoms with Crippen LogP contribution in [-0.2, 0) is 0 Å². The highest BCUT2D eigenvalue weighted by molar-refractivity contribution is 8.14. The molecule has 0 saturated heterocycles. The van der Waals surface area contributed by atoms with Crippen LogP contribution in [0.25, 0.3) is 0 Å². The van der Waals surface area contributed by atoms with Crippen molar-refractivity contribution in [3.8, 4) is 0 Å². The van der Waals surface area contributed by atoms with Crippen molar-refractivity contribution in [1.29, 1.82) is 0 Å². The molecule has 0 N–H and O–H groups in total. The zero-order chi connectivity index (χ0) is 15.4. The maximum absolute atomic E-state index is 4.80. The molecule has 0 aliphatic carbocycles. The van der Waals surface area contributed by atoms with Crippen LogP contribution < -0.4 is 0 Å². The minimum Gasteiger partial charge on any atom is -0.381 e. The number of aliphatic imine (C=N–C) groups is 1. The van der Waals surface area contributed by atoms with Gasteiger partial charge in [-0.15, -0.1) is 0 Å². The van der Waals surface area contributed by atoms with Gasteiger partial charge >= 0.3 is 0 Å². The van der Waals surface area contributed by atoms with E-state index in [9.17, 15) is 0 Å². The van der Waals surface area contributed by atoms with E-state index in [0.29, 0.717) is 5.25 Å². The first kappa shape index (κ1) is 14.9. The fourth-order valence-electron chi connectivity index (χ4n) is 2.47. The summed E-state index contributed by atoms with van der Waals surface area (Å²) >= 11 is 1.85. The molecule has 0 spiro atoms. The summed E-state index contributed by atoms with van der Waals surface area (Å²) < 4.78 is 0. The molecule has 22 heavy (non-hydrogen) atoms. The average molecular weight is 308 g/mol. The number of para-hydroxylation sites is 1. The maximum Gasteiger partial charge on any atom is 0.0990 e. The van der Waals surface area contributed by atoms with Crippen LogP contribution in [0, 0.1) is 0 Å². The fraction of sp³-hybridized carbons (Fsp3) is 0.211. The number of hydrogen-bond acceptors (Lipinski definition) is 3. The van der Waals surface area contributed by atoms with Crippen molar-refractivity contribution in [2.24, 2.45) is 4.99 Å². The van der Waals surface area contributed by atoms with E-state index >= 15 is 0 Å². The smallest absolute Gasteiger partial charge is 0.0990 e. The number of allylic oxidation sites excluding steroid dienone is 1. The molecule has 2 aromatic rings. The van der Waals surface area contributed by atoms with Gasteiger partial charge in [0.25, 0.3) is 0 Å². The topological polar surface area (TPSA) is 15.6 Å². The molecule has 1 atom stereocenters. The molecule has 0 aromatic heterocycles. The SMILES string of the molecule is CN(C)C1=CC(=Nc2ccccc2)SC(c2ccccc2)C1. The van der Waals surface area contributed by atoms with E-state index in [-0.39, 0.29) is 0 Å². The van der Waals surface area contributed by atoms with Gasteiger partial charge in [0.05, 0.1) is 10.7 Å². The molecule has 1 unspecified atom stereocenters.